The third kappa shape index (κ3) is 2.55. The summed E-state index contributed by atoms with van der Waals surface area (Å²) in [5.74, 6) is 0.214. The number of hydrogen-bond donors (Lipinski definition) is 2. The molecule has 6 nitrogen and oxygen atoms in total. The van der Waals surface area contributed by atoms with Crippen LogP contribution in [0.25, 0.3) is 0 Å². The van der Waals surface area contributed by atoms with Crippen molar-refractivity contribution in [3.05, 3.63) is 18.2 Å². The summed E-state index contributed by atoms with van der Waals surface area (Å²) >= 11 is 0. The third-order valence-electron chi connectivity index (χ3n) is 3.74. The summed E-state index contributed by atoms with van der Waals surface area (Å²) in [5.41, 5.74) is 8.02. The Hall–Kier alpha value is -1.47. The Morgan fingerprint density at radius 3 is 2.80 bits per heavy atom. The minimum atomic E-state index is -3.15. The predicted octanol–water partition coefficient (Wildman–Crippen LogP) is 1.01. The van der Waals surface area contributed by atoms with Gasteiger partial charge in [-0.2, -0.15) is 0 Å². The number of nitrogen functional groups attached to an aromatic ring is 1. The average molecular weight is 297 g/mol. The lowest BCUT2D eigenvalue weighted by atomic mass is 10.2. The number of nitrogens with zero attached hydrogens (tertiary/aromatic N) is 1. The smallest absolute Gasteiger partial charge is 0.235 e. The first-order valence-electron chi connectivity index (χ1n) is 6.82. The number of anilines is 3. The van der Waals surface area contributed by atoms with Gasteiger partial charge in [-0.1, -0.05) is 0 Å². The molecule has 0 radical (unpaired) electrons. The Morgan fingerprint density at radius 2 is 2.25 bits per heavy atom. The predicted molar refractivity (Wildman–Crippen MR) is 79.5 cm³/mol. The van der Waals surface area contributed by atoms with E-state index in [1.807, 2.05) is 6.07 Å². The molecule has 0 aliphatic carbocycles. The first-order chi connectivity index (χ1) is 9.56. The number of sulfonamides is 1. The van der Waals surface area contributed by atoms with Crippen molar-refractivity contribution in [1.29, 1.82) is 0 Å². The molecular weight excluding hydrogens is 278 g/mol. The first kappa shape index (κ1) is 13.5. The minimum Gasteiger partial charge on any atom is -0.397 e. The van der Waals surface area contributed by atoms with Gasteiger partial charge in [0.05, 0.1) is 28.9 Å². The highest BCUT2D eigenvalue weighted by Crippen LogP contribution is 2.29. The van der Waals surface area contributed by atoms with Crippen molar-refractivity contribution in [2.75, 3.05) is 40.8 Å². The molecule has 2 fully saturated rings. The molecule has 20 heavy (non-hydrogen) atoms. The Balaban J connectivity index is 1.73. The second-order valence-corrected chi connectivity index (χ2v) is 7.19. The molecule has 1 aromatic rings. The molecule has 2 aliphatic rings. The summed E-state index contributed by atoms with van der Waals surface area (Å²) in [6.45, 7) is 2.09. The molecule has 2 saturated heterocycles. The van der Waals surface area contributed by atoms with Gasteiger partial charge in [0, 0.05) is 19.7 Å². The van der Waals surface area contributed by atoms with Crippen molar-refractivity contribution >= 4 is 27.1 Å². The lowest BCUT2D eigenvalue weighted by molar-refractivity contribution is -0.0410. The lowest BCUT2D eigenvalue weighted by Crippen LogP contribution is -2.33. The Bertz CT molecular complexity index is 599. The number of nitrogens with two attached hydrogens (primary N) is 1. The van der Waals surface area contributed by atoms with Gasteiger partial charge in [-0.05, 0) is 31.0 Å². The topological polar surface area (TPSA) is 84.7 Å². The molecule has 3 N–H and O–H groups in total. The van der Waals surface area contributed by atoms with E-state index in [0.29, 0.717) is 24.3 Å². The summed E-state index contributed by atoms with van der Waals surface area (Å²) < 4.78 is 30.5. The molecular formula is C13H19N3O3S. The largest absolute Gasteiger partial charge is 0.397 e. The maximum Gasteiger partial charge on any atom is 0.235 e. The van der Waals surface area contributed by atoms with Gasteiger partial charge in [0.15, 0.2) is 0 Å². The fourth-order valence-corrected chi connectivity index (χ4v) is 4.02. The maximum absolute atomic E-state index is 11.9. The van der Waals surface area contributed by atoms with Crippen LogP contribution in [0.4, 0.5) is 17.1 Å². The zero-order valence-electron chi connectivity index (χ0n) is 11.2. The summed E-state index contributed by atoms with van der Waals surface area (Å²) in [4.78, 5) is 0. The van der Waals surface area contributed by atoms with Crippen LogP contribution in [0.1, 0.15) is 12.8 Å². The second kappa shape index (κ2) is 5.14. The van der Waals surface area contributed by atoms with Crippen LogP contribution in [0.3, 0.4) is 0 Å². The van der Waals surface area contributed by atoms with E-state index < -0.39 is 10.0 Å². The van der Waals surface area contributed by atoms with Crippen LogP contribution in [0.15, 0.2) is 18.2 Å². The van der Waals surface area contributed by atoms with Crippen LogP contribution < -0.4 is 15.4 Å². The zero-order valence-corrected chi connectivity index (χ0v) is 12.0. The quantitative estimate of drug-likeness (QED) is 0.810. The summed E-state index contributed by atoms with van der Waals surface area (Å²) in [6, 6.07) is 5.34. The fraction of sp³-hybridized carbons (Fsp3) is 0.538. The van der Waals surface area contributed by atoms with Gasteiger partial charge in [-0.25, -0.2) is 8.42 Å². The molecule has 0 spiro atoms. The van der Waals surface area contributed by atoms with Crippen molar-refractivity contribution in [2.45, 2.75) is 18.9 Å². The Kier molecular flexibility index (Phi) is 3.47. The molecule has 2 heterocycles. The summed E-state index contributed by atoms with van der Waals surface area (Å²) in [6.07, 6.45) is 1.99. The average Bonchev–Trinajstić information content (AvgIpc) is 2.69. The van der Waals surface area contributed by atoms with Crippen LogP contribution in [0.2, 0.25) is 0 Å². The Labute approximate surface area is 118 Å². The van der Waals surface area contributed by atoms with Crippen LogP contribution in [0.5, 0.6) is 0 Å². The van der Waals surface area contributed by atoms with E-state index in [-0.39, 0.29) is 11.9 Å². The van der Waals surface area contributed by atoms with E-state index in [1.165, 1.54) is 4.31 Å². The maximum atomic E-state index is 11.9. The molecule has 0 unspecified atom stereocenters. The fourth-order valence-electron chi connectivity index (χ4n) is 2.47. The van der Waals surface area contributed by atoms with Crippen molar-refractivity contribution in [3.8, 4) is 0 Å². The van der Waals surface area contributed by atoms with E-state index in [1.54, 1.807) is 12.1 Å². The summed E-state index contributed by atoms with van der Waals surface area (Å²) in [5, 5.41) is 3.24. The van der Waals surface area contributed by atoms with Crippen molar-refractivity contribution in [1.82, 2.24) is 0 Å². The molecule has 110 valence electrons. The van der Waals surface area contributed by atoms with Gasteiger partial charge in [-0.3, -0.25) is 4.31 Å². The van der Waals surface area contributed by atoms with E-state index in [2.05, 4.69) is 5.32 Å². The van der Waals surface area contributed by atoms with Crippen LogP contribution in [-0.4, -0.2) is 40.0 Å². The second-order valence-electron chi connectivity index (χ2n) is 5.18. The molecule has 3 rings (SSSR count). The van der Waals surface area contributed by atoms with Crippen LogP contribution in [-0.2, 0) is 14.8 Å². The standard InChI is InChI=1S/C13H19N3O3S/c14-12-8-10(16-5-1-7-20(16,17)18)2-3-13(12)15-9-11-4-6-19-11/h2-3,8,11,15H,1,4-7,9,14H2/t11-/m0/s1. The van der Waals surface area contributed by atoms with Gasteiger partial charge in [0.25, 0.3) is 0 Å². The van der Waals surface area contributed by atoms with E-state index in [9.17, 15) is 8.42 Å². The molecule has 1 atom stereocenters. The Morgan fingerprint density at radius 1 is 1.45 bits per heavy atom. The molecule has 0 bridgehead atoms. The van der Waals surface area contributed by atoms with E-state index >= 15 is 0 Å². The van der Waals surface area contributed by atoms with Crippen molar-refractivity contribution in [3.63, 3.8) is 0 Å². The highest BCUT2D eigenvalue weighted by atomic mass is 32.2. The SMILES string of the molecule is Nc1cc(N2CCCS2(=O)=O)ccc1NC[C@@H]1CCO1. The number of ether oxygens (including phenoxy) is 1. The van der Waals surface area contributed by atoms with Gasteiger partial charge in [-0.15, -0.1) is 0 Å². The van der Waals surface area contributed by atoms with Gasteiger partial charge in [0.1, 0.15) is 0 Å². The molecule has 7 heteroatoms. The van der Waals surface area contributed by atoms with Gasteiger partial charge in [0.2, 0.25) is 10.0 Å². The van der Waals surface area contributed by atoms with Crippen LogP contribution >= 0.6 is 0 Å². The van der Waals surface area contributed by atoms with Crippen molar-refractivity contribution < 1.29 is 13.2 Å². The van der Waals surface area contributed by atoms with Crippen molar-refractivity contribution in [2.24, 2.45) is 0 Å². The number of benzene rings is 1. The normalized spacial score (nSPS) is 24.4. The number of hydrogen-bond acceptors (Lipinski definition) is 5. The highest BCUT2D eigenvalue weighted by molar-refractivity contribution is 7.93. The monoisotopic (exact) mass is 297 g/mol. The summed E-state index contributed by atoms with van der Waals surface area (Å²) in [7, 11) is -3.15. The zero-order chi connectivity index (χ0) is 14.2. The molecule has 2 aliphatic heterocycles. The van der Waals surface area contributed by atoms with E-state index in [0.717, 1.165) is 25.3 Å². The van der Waals surface area contributed by atoms with Crippen LogP contribution in [0, 0.1) is 0 Å². The molecule has 0 saturated carbocycles. The number of nitrogens with one attached hydrogen (secondary N) is 1. The van der Waals surface area contributed by atoms with Gasteiger partial charge >= 0.3 is 0 Å². The number of rotatable bonds is 4. The minimum absolute atomic E-state index is 0.214. The highest BCUT2D eigenvalue weighted by Gasteiger charge is 2.28. The molecule has 0 amide bonds. The first-order valence-corrected chi connectivity index (χ1v) is 8.42. The molecule has 1 aromatic carbocycles. The van der Waals surface area contributed by atoms with Gasteiger partial charge < -0.3 is 15.8 Å². The lowest BCUT2D eigenvalue weighted by Gasteiger charge is -2.27. The molecule has 0 aromatic heterocycles. The van der Waals surface area contributed by atoms with E-state index in [4.69, 9.17) is 10.5 Å². The third-order valence-corrected chi connectivity index (χ3v) is 5.61.